The molecule has 0 saturated heterocycles. The van der Waals surface area contributed by atoms with Crippen LogP contribution in [-0.4, -0.2) is 24.2 Å². The molecule has 0 aliphatic heterocycles. The Bertz CT molecular complexity index is 793. The van der Waals surface area contributed by atoms with Crippen LogP contribution in [0.2, 0.25) is 0 Å². The summed E-state index contributed by atoms with van der Waals surface area (Å²) in [5, 5.41) is 3.39. The predicted molar refractivity (Wildman–Crippen MR) is 101 cm³/mol. The van der Waals surface area contributed by atoms with Crippen LogP contribution >= 0.6 is 15.9 Å². The third-order valence-electron chi connectivity index (χ3n) is 3.75. The van der Waals surface area contributed by atoms with E-state index >= 15 is 0 Å². The fourth-order valence-electron chi connectivity index (χ4n) is 2.52. The first-order chi connectivity index (χ1) is 12.2. The van der Waals surface area contributed by atoms with Crippen molar-refractivity contribution in [3.8, 4) is 11.5 Å². The highest BCUT2D eigenvalue weighted by Gasteiger charge is 2.17. The normalized spacial score (nSPS) is 10.6. The molecule has 0 saturated carbocycles. The summed E-state index contributed by atoms with van der Waals surface area (Å²) in [7, 11) is 3.32. The zero-order valence-corrected chi connectivity index (χ0v) is 15.5. The molecule has 0 radical (unpaired) electrons. The van der Waals surface area contributed by atoms with Crippen molar-refractivity contribution in [2.75, 3.05) is 19.5 Å². The summed E-state index contributed by atoms with van der Waals surface area (Å²) in [6.07, 6.45) is 3.42. The fraction of sp³-hybridized carbons (Fsp3) is 0.158. The molecular formula is C19H18BrN3O2. The number of ether oxygens (including phenoxy) is 2. The van der Waals surface area contributed by atoms with Crippen LogP contribution in [0.5, 0.6) is 11.5 Å². The number of aromatic nitrogens is 2. The number of benzene rings is 2. The van der Waals surface area contributed by atoms with E-state index in [0.29, 0.717) is 5.95 Å². The molecule has 0 atom stereocenters. The molecule has 0 aliphatic carbocycles. The van der Waals surface area contributed by atoms with Crippen molar-refractivity contribution in [2.24, 2.45) is 0 Å². The predicted octanol–water partition coefficient (Wildman–Crippen LogP) is 4.46. The number of halogens is 1. The van der Waals surface area contributed by atoms with Gasteiger partial charge in [-0.2, -0.15) is 0 Å². The van der Waals surface area contributed by atoms with E-state index in [9.17, 15) is 0 Å². The zero-order valence-electron chi connectivity index (χ0n) is 13.9. The van der Waals surface area contributed by atoms with Gasteiger partial charge in [-0.25, -0.2) is 9.97 Å². The summed E-state index contributed by atoms with van der Waals surface area (Å²) >= 11 is 3.35. The standard InChI is InChI=1S/C19H18BrN3O2/c1-24-16-7-3-5-13(9-16)18(14-6-4-8-17(10-14)25-2)23-19-21-11-15(20)12-22-19/h3-12,18H,1-2H3,(H,21,22,23). The van der Waals surface area contributed by atoms with Gasteiger partial charge in [0.05, 0.1) is 24.7 Å². The number of methoxy groups -OCH3 is 2. The van der Waals surface area contributed by atoms with Crippen molar-refractivity contribution in [1.82, 2.24) is 9.97 Å². The highest BCUT2D eigenvalue weighted by atomic mass is 79.9. The summed E-state index contributed by atoms with van der Waals surface area (Å²) in [5.41, 5.74) is 2.08. The molecule has 128 valence electrons. The minimum absolute atomic E-state index is 0.147. The summed E-state index contributed by atoms with van der Waals surface area (Å²) < 4.78 is 11.6. The highest BCUT2D eigenvalue weighted by molar-refractivity contribution is 9.10. The lowest BCUT2D eigenvalue weighted by atomic mass is 9.98. The fourth-order valence-corrected chi connectivity index (χ4v) is 2.72. The van der Waals surface area contributed by atoms with Gasteiger partial charge in [0.25, 0.3) is 0 Å². The maximum atomic E-state index is 5.36. The molecule has 0 unspecified atom stereocenters. The van der Waals surface area contributed by atoms with E-state index < -0.39 is 0 Å². The molecule has 2 aromatic carbocycles. The Balaban J connectivity index is 2.01. The summed E-state index contributed by atoms with van der Waals surface area (Å²) in [4.78, 5) is 8.65. The van der Waals surface area contributed by atoms with Crippen molar-refractivity contribution < 1.29 is 9.47 Å². The molecule has 6 heteroatoms. The lowest BCUT2D eigenvalue weighted by Crippen LogP contribution is -2.14. The Morgan fingerprint density at radius 3 is 1.88 bits per heavy atom. The number of hydrogen-bond acceptors (Lipinski definition) is 5. The van der Waals surface area contributed by atoms with Crippen LogP contribution < -0.4 is 14.8 Å². The second-order valence-electron chi connectivity index (χ2n) is 5.36. The van der Waals surface area contributed by atoms with E-state index in [0.717, 1.165) is 27.1 Å². The van der Waals surface area contributed by atoms with E-state index in [1.165, 1.54) is 0 Å². The Kier molecular flexibility index (Phi) is 5.50. The number of nitrogens with zero attached hydrogens (tertiary/aromatic N) is 2. The highest BCUT2D eigenvalue weighted by Crippen LogP contribution is 2.30. The van der Waals surface area contributed by atoms with E-state index in [1.54, 1.807) is 26.6 Å². The first-order valence-corrected chi connectivity index (χ1v) is 8.51. The van der Waals surface area contributed by atoms with Gasteiger partial charge in [-0.3, -0.25) is 0 Å². The van der Waals surface area contributed by atoms with Crippen LogP contribution in [0.15, 0.2) is 65.4 Å². The summed E-state index contributed by atoms with van der Waals surface area (Å²) in [5.74, 6) is 2.13. The quantitative estimate of drug-likeness (QED) is 0.662. The lowest BCUT2D eigenvalue weighted by molar-refractivity contribution is 0.413. The third kappa shape index (κ3) is 4.28. The van der Waals surface area contributed by atoms with Crippen LogP contribution in [0.3, 0.4) is 0 Å². The van der Waals surface area contributed by atoms with Crippen LogP contribution in [-0.2, 0) is 0 Å². The van der Waals surface area contributed by atoms with Gasteiger partial charge in [-0.15, -0.1) is 0 Å². The van der Waals surface area contributed by atoms with E-state index in [1.807, 2.05) is 48.5 Å². The van der Waals surface area contributed by atoms with Crippen molar-refractivity contribution in [3.63, 3.8) is 0 Å². The average molecular weight is 400 g/mol. The smallest absolute Gasteiger partial charge is 0.223 e. The molecule has 25 heavy (non-hydrogen) atoms. The molecule has 1 heterocycles. The van der Waals surface area contributed by atoms with Gasteiger partial charge in [0.1, 0.15) is 11.5 Å². The van der Waals surface area contributed by atoms with E-state index in [4.69, 9.17) is 9.47 Å². The second-order valence-corrected chi connectivity index (χ2v) is 6.27. The van der Waals surface area contributed by atoms with Crippen LogP contribution in [0.4, 0.5) is 5.95 Å². The maximum Gasteiger partial charge on any atom is 0.223 e. The molecule has 0 amide bonds. The van der Waals surface area contributed by atoms with Crippen LogP contribution in [0, 0.1) is 0 Å². The van der Waals surface area contributed by atoms with Gasteiger partial charge in [-0.05, 0) is 51.3 Å². The molecular weight excluding hydrogens is 382 g/mol. The first kappa shape index (κ1) is 17.2. The Hall–Kier alpha value is -2.60. The minimum Gasteiger partial charge on any atom is -0.497 e. The lowest BCUT2D eigenvalue weighted by Gasteiger charge is -2.21. The van der Waals surface area contributed by atoms with Gasteiger partial charge >= 0.3 is 0 Å². The summed E-state index contributed by atoms with van der Waals surface area (Å²) in [6.45, 7) is 0. The van der Waals surface area contributed by atoms with Crippen molar-refractivity contribution in [3.05, 3.63) is 76.5 Å². The SMILES string of the molecule is COc1cccc(C(Nc2ncc(Br)cn2)c2cccc(OC)c2)c1. The molecule has 0 bridgehead atoms. The van der Waals surface area contributed by atoms with Crippen molar-refractivity contribution in [2.45, 2.75) is 6.04 Å². The topological polar surface area (TPSA) is 56.3 Å². The zero-order chi connectivity index (χ0) is 17.6. The Morgan fingerprint density at radius 2 is 1.40 bits per heavy atom. The van der Waals surface area contributed by atoms with E-state index in [-0.39, 0.29) is 6.04 Å². The van der Waals surface area contributed by atoms with Crippen LogP contribution in [0.25, 0.3) is 0 Å². The first-order valence-electron chi connectivity index (χ1n) is 7.71. The molecule has 1 N–H and O–H groups in total. The molecule has 3 aromatic rings. The average Bonchev–Trinajstić information content (AvgIpc) is 2.67. The Labute approximate surface area is 155 Å². The molecule has 1 aromatic heterocycles. The van der Waals surface area contributed by atoms with E-state index in [2.05, 4.69) is 31.2 Å². The second kappa shape index (κ2) is 7.98. The maximum absolute atomic E-state index is 5.36. The number of nitrogens with one attached hydrogen (secondary N) is 1. The van der Waals surface area contributed by atoms with Crippen LogP contribution in [0.1, 0.15) is 17.2 Å². The molecule has 5 nitrogen and oxygen atoms in total. The third-order valence-corrected chi connectivity index (χ3v) is 4.16. The summed E-state index contributed by atoms with van der Waals surface area (Å²) in [6, 6.07) is 15.7. The largest absolute Gasteiger partial charge is 0.497 e. The molecule has 3 rings (SSSR count). The van der Waals surface area contributed by atoms with Crippen molar-refractivity contribution in [1.29, 1.82) is 0 Å². The van der Waals surface area contributed by atoms with Gasteiger partial charge in [0, 0.05) is 12.4 Å². The minimum atomic E-state index is -0.147. The monoisotopic (exact) mass is 399 g/mol. The van der Waals surface area contributed by atoms with Gasteiger partial charge in [0.2, 0.25) is 5.95 Å². The Morgan fingerprint density at radius 1 is 0.880 bits per heavy atom. The number of hydrogen-bond donors (Lipinski definition) is 1. The number of anilines is 1. The molecule has 0 aliphatic rings. The van der Waals surface area contributed by atoms with Gasteiger partial charge in [0.15, 0.2) is 0 Å². The van der Waals surface area contributed by atoms with Crippen molar-refractivity contribution >= 4 is 21.9 Å². The van der Waals surface area contributed by atoms with Gasteiger partial charge < -0.3 is 14.8 Å². The molecule has 0 spiro atoms. The number of rotatable bonds is 6. The van der Waals surface area contributed by atoms with Gasteiger partial charge in [-0.1, -0.05) is 24.3 Å². The molecule has 0 fully saturated rings.